The molecule has 0 aromatic heterocycles. The highest BCUT2D eigenvalue weighted by Gasteiger charge is 2.31. The first-order valence-electron chi connectivity index (χ1n) is 6.46. The van der Waals surface area contributed by atoms with E-state index in [1.165, 1.54) is 11.8 Å². The molecule has 1 atom stereocenters. The van der Waals surface area contributed by atoms with Gasteiger partial charge in [0.2, 0.25) is 11.8 Å². The molecule has 0 fully saturated rings. The summed E-state index contributed by atoms with van der Waals surface area (Å²) in [4.78, 5) is 26.7. The third kappa shape index (κ3) is 3.32. The molecule has 1 aliphatic heterocycles. The third-order valence-corrected chi connectivity index (χ3v) is 4.16. The fraction of sp³-hybridized carbons (Fsp3) is 0.429. The van der Waals surface area contributed by atoms with E-state index in [2.05, 4.69) is 5.32 Å². The van der Waals surface area contributed by atoms with Crippen LogP contribution in [-0.2, 0) is 14.3 Å². The van der Waals surface area contributed by atoms with E-state index >= 15 is 0 Å². The molecule has 0 saturated carbocycles. The molecule has 1 N–H and O–H groups in total. The number of hydrogen-bond donors (Lipinski definition) is 1. The van der Waals surface area contributed by atoms with Crippen molar-refractivity contribution in [3.8, 4) is 0 Å². The largest absolute Gasteiger partial charge is 0.383 e. The first-order valence-corrected chi connectivity index (χ1v) is 7.34. The quantitative estimate of drug-likeness (QED) is 0.831. The van der Waals surface area contributed by atoms with Crippen LogP contribution in [-0.4, -0.2) is 43.9 Å². The number of methoxy groups -OCH3 is 1. The van der Waals surface area contributed by atoms with E-state index < -0.39 is 0 Å². The van der Waals surface area contributed by atoms with E-state index in [0.29, 0.717) is 13.2 Å². The summed E-state index contributed by atoms with van der Waals surface area (Å²) >= 11 is 1.53. The van der Waals surface area contributed by atoms with Gasteiger partial charge in [0, 0.05) is 18.6 Å². The maximum Gasteiger partial charge on any atom is 0.240 e. The lowest BCUT2D eigenvalue weighted by Gasteiger charge is -2.31. The summed E-state index contributed by atoms with van der Waals surface area (Å²) in [6.07, 6.45) is 0. The van der Waals surface area contributed by atoms with Gasteiger partial charge in [-0.05, 0) is 19.1 Å². The summed E-state index contributed by atoms with van der Waals surface area (Å²) in [6, 6.07) is 7.65. The van der Waals surface area contributed by atoms with Crippen LogP contribution in [0, 0.1) is 0 Å². The van der Waals surface area contributed by atoms with E-state index in [-0.39, 0.29) is 23.6 Å². The first kappa shape index (κ1) is 14.9. The van der Waals surface area contributed by atoms with Gasteiger partial charge >= 0.3 is 0 Å². The number of anilines is 1. The molecule has 0 saturated heterocycles. The molecule has 2 amide bonds. The van der Waals surface area contributed by atoms with Crippen LogP contribution in [0.3, 0.4) is 0 Å². The molecular formula is C14H18N2O3S. The number of carbonyl (C=O) groups excluding carboxylic acids is 2. The zero-order valence-corrected chi connectivity index (χ0v) is 12.4. The lowest BCUT2D eigenvalue weighted by Crippen LogP contribution is -2.46. The van der Waals surface area contributed by atoms with E-state index in [1.54, 1.807) is 12.0 Å². The Morgan fingerprint density at radius 2 is 2.20 bits per heavy atom. The summed E-state index contributed by atoms with van der Waals surface area (Å²) in [5, 5.41) is 2.56. The molecule has 5 nitrogen and oxygen atoms in total. The Morgan fingerprint density at radius 3 is 2.95 bits per heavy atom. The van der Waals surface area contributed by atoms with Crippen molar-refractivity contribution in [2.75, 3.05) is 31.7 Å². The van der Waals surface area contributed by atoms with Crippen molar-refractivity contribution in [1.82, 2.24) is 5.32 Å². The van der Waals surface area contributed by atoms with Crippen molar-refractivity contribution in [1.29, 1.82) is 0 Å². The predicted octanol–water partition coefficient (Wildman–Crippen LogP) is 1.28. The number of rotatable bonds is 5. The number of nitrogens with zero attached hydrogens (tertiary/aromatic N) is 1. The standard InChI is InChI=1S/C14H18N2O3S/c1-10-14(18)16(9-13(17)15-7-8-19-2)11-5-3-4-6-12(11)20-10/h3-6,10H,7-9H2,1-2H3,(H,15,17)/t10-/m1/s1. The zero-order chi connectivity index (χ0) is 14.5. The molecule has 0 radical (unpaired) electrons. The van der Waals surface area contributed by atoms with Crippen LogP contribution in [0.4, 0.5) is 5.69 Å². The maximum absolute atomic E-state index is 12.3. The lowest BCUT2D eigenvalue weighted by atomic mass is 10.2. The van der Waals surface area contributed by atoms with Crippen molar-refractivity contribution in [2.45, 2.75) is 17.1 Å². The summed E-state index contributed by atoms with van der Waals surface area (Å²) in [5.41, 5.74) is 0.808. The molecule has 1 aromatic rings. The molecule has 1 heterocycles. The SMILES string of the molecule is COCCNC(=O)CN1C(=O)[C@@H](C)Sc2ccccc21. The van der Waals surface area contributed by atoms with E-state index in [1.807, 2.05) is 31.2 Å². The van der Waals surface area contributed by atoms with Crippen molar-refractivity contribution < 1.29 is 14.3 Å². The number of nitrogens with one attached hydrogen (secondary N) is 1. The Morgan fingerprint density at radius 1 is 1.45 bits per heavy atom. The minimum atomic E-state index is -0.177. The van der Waals surface area contributed by atoms with Crippen LogP contribution in [0.2, 0.25) is 0 Å². The Bertz CT molecular complexity index is 507. The molecule has 2 rings (SSSR count). The number of fused-ring (bicyclic) bond motifs is 1. The second kappa shape index (κ2) is 6.76. The number of thioether (sulfide) groups is 1. The first-order chi connectivity index (χ1) is 9.63. The Hall–Kier alpha value is -1.53. The minimum absolute atomic E-state index is 0.0319. The molecule has 0 bridgehead atoms. The number of ether oxygens (including phenoxy) is 1. The number of carbonyl (C=O) groups is 2. The monoisotopic (exact) mass is 294 g/mol. The molecule has 108 valence electrons. The topological polar surface area (TPSA) is 58.6 Å². The van der Waals surface area contributed by atoms with Crippen molar-refractivity contribution in [2.24, 2.45) is 0 Å². The number of para-hydroxylation sites is 1. The molecule has 0 unspecified atom stereocenters. The Balaban J connectivity index is 2.09. The molecule has 6 heteroatoms. The van der Waals surface area contributed by atoms with Crippen LogP contribution in [0.5, 0.6) is 0 Å². The van der Waals surface area contributed by atoms with Gasteiger partial charge in [-0.15, -0.1) is 11.8 Å². The fourth-order valence-corrected chi connectivity index (χ4v) is 3.08. The van der Waals surface area contributed by atoms with Gasteiger partial charge in [-0.1, -0.05) is 12.1 Å². The van der Waals surface area contributed by atoms with Crippen molar-refractivity contribution >= 4 is 29.3 Å². The number of amides is 2. The van der Waals surface area contributed by atoms with Crippen LogP contribution < -0.4 is 10.2 Å². The third-order valence-electron chi connectivity index (χ3n) is 3.00. The molecular weight excluding hydrogens is 276 g/mol. The predicted molar refractivity (Wildman–Crippen MR) is 79.0 cm³/mol. The molecule has 20 heavy (non-hydrogen) atoms. The fourth-order valence-electron chi connectivity index (χ4n) is 2.01. The summed E-state index contributed by atoms with van der Waals surface area (Å²) in [5.74, 6) is -0.208. The summed E-state index contributed by atoms with van der Waals surface area (Å²) in [7, 11) is 1.58. The second-order valence-corrected chi connectivity index (χ2v) is 5.88. The van der Waals surface area contributed by atoms with Gasteiger partial charge in [-0.3, -0.25) is 9.59 Å². The highest BCUT2D eigenvalue weighted by atomic mass is 32.2. The van der Waals surface area contributed by atoms with Gasteiger partial charge in [-0.25, -0.2) is 0 Å². The van der Waals surface area contributed by atoms with Crippen LogP contribution in [0.15, 0.2) is 29.2 Å². The zero-order valence-electron chi connectivity index (χ0n) is 11.6. The van der Waals surface area contributed by atoms with Gasteiger partial charge in [0.25, 0.3) is 0 Å². The van der Waals surface area contributed by atoms with Gasteiger partial charge in [0.1, 0.15) is 6.54 Å². The highest BCUT2D eigenvalue weighted by Crippen LogP contribution is 2.38. The van der Waals surface area contributed by atoms with Crippen molar-refractivity contribution in [3.63, 3.8) is 0 Å². The molecule has 1 aromatic carbocycles. The average Bonchev–Trinajstić information content (AvgIpc) is 2.44. The van der Waals surface area contributed by atoms with E-state index in [0.717, 1.165) is 10.6 Å². The van der Waals surface area contributed by atoms with Gasteiger partial charge in [-0.2, -0.15) is 0 Å². The molecule has 0 spiro atoms. The van der Waals surface area contributed by atoms with E-state index in [4.69, 9.17) is 4.74 Å². The highest BCUT2D eigenvalue weighted by molar-refractivity contribution is 8.00. The Kier molecular flexibility index (Phi) is 5.03. The van der Waals surface area contributed by atoms with Crippen molar-refractivity contribution in [3.05, 3.63) is 24.3 Å². The number of hydrogen-bond acceptors (Lipinski definition) is 4. The second-order valence-electron chi connectivity index (χ2n) is 4.49. The molecule has 1 aliphatic rings. The molecule has 0 aliphatic carbocycles. The lowest BCUT2D eigenvalue weighted by molar-refractivity contribution is -0.123. The van der Waals surface area contributed by atoms with Gasteiger partial charge in [0.15, 0.2) is 0 Å². The van der Waals surface area contributed by atoms with Crippen LogP contribution in [0.1, 0.15) is 6.92 Å². The van der Waals surface area contributed by atoms with Gasteiger partial charge < -0.3 is 15.0 Å². The van der Waals surface area contributed by atoms with Crippen LogP contribution >= 0.6 is 11.8 Å². The minimum Gasteiger partial charge on any atom is -0.383 e. The van der Waals surface area contributed by atoms with Gasteiger partial charge in [0.05, 0.1) is 17.5 Å². The summed E-state index contributed by atoms with van der Waals surface area (Å²) in [6.45, 7) is 2.81. The Labute approximate surface area is 122 Å². The smallest absolute Gasteiger partial charge is 0.240 e. The van der Waals surface area contributed by atoms with Crippen LogP contribution in [0.25, 0.3) is 0 Å². The summed E-state index contributed by atoms with van der Waals surface area (Å²) < 4.78 is 4.88. The number of benzene rings is 1. The average molecular weight is 294 g/mol. The maximum atomic E-state index is 12.3. The van der Waals surface area contributed by atoms with E-state index in [9.17, 15) is 9.59 Å². The normalized spacial score (nSPS) is 17.8.